The first-order chi connectivity index (χ1) is 13.5. The predicted molar refractivity (Wildman–Crippen MR) is 105 cm³/mol. The fourth-order valence-electron chi connectivity index (χ4n) is 2.19. The molecule has 0 aliphatic heterocycles. The molecule has 2 aromatic heterocycles. The summed E-state index contributed by atoms with van der Waals surface area (Å²) in [5.41, 5.74) is 1.05. The van der Waals surface area contributed by atoms with Gasteiger partial charge >= 0.3 is 5.97 Å². The highest BCUT2D eigenvalue weighted by Gasteiger charge is 2.15. The number of aromatic nitrogens is 1. The van der Waals surface area contributed by atoms with Gasteiger partial charge in [-0.2, -0.15) is 0 Å². The molecule has 0 atom stereocenters. The molecule has 144 valence electrons. The Morgan fingerprint density at radius 3 is 2.71 bits per heavy atom. The fourth-order valence-corrected chi connectivity index (χ4v) is 3.41. The summed E-state index contributed by atoms with van der Waals surface area (Å²) in [4.78, 5) is 40.4. The maximum absolute atomic E-state index is 12.1. The van der Waals surface area contributed by atoms with Crippen molar-refractivity contribution < 1.29 is 23.9 Å². The van der Waals surface area contributed by atoms with Crippen molar-refractivity contribution in [2.24, 2.45) is 0 Å². The zero-order valence-electron chi connectivity index (χ0n) is 14.8. The van der Waals surface area contributed by atoms with Gasteiger partial charge in [-0.3, -0.25) is 14.9 Å². The molecule has 3 aromatic rings. The van der Waals surface area contributed by atoms with Gasteiger partial charge in [0.05, 0.1) is 21.1 Å². The molecule has 2 amide bonds. The van der Waals surface area contributed by atoms with E-state index in [9.17, 15) is 14.4 Å². The van der Waals surface area contributed by atoms with Gasteiger partial charge in [0.2, 0.25) is 0 Å². The van der Waals surface area contributed by atoms with Crippen molar-refractivity contribution in [3.8, 4) is 5.75 Å². The number of carbonyl (C=O) groups excluding carboxylic acids is 3. The first-order valence-electron chi connectivity index (χ1n) is 8.20. The maximum Gasteiger partial charge on any atom is 0.338 e. The summed E-state index contributed by atoms with van der Waals surface area (Å²) < 4.78 is 10.6. The second-order valence-electron chi connectivity index (χ2n) is 5.61. The van der Waals surface area contributed by atoms with E-state index in [1.165, 1.54) is 28.7 Å². The highest BCUT2D eigenvalue weighted by molar-refractivity contribution is 7.12. The van der Waals surface area contributed by atoms with Crippen LogP contribution in [0.15, 0.2) is 47.2 Å². The molecule has 1 aromatic carbocycles. The number of esters is 1. The molecule has 0 unspecified atom stereocenters. The van der Waals surface area contributed by atoms with Gasteiger partial charge in [0.25, 0.3) is 11.8 Å². The molecule has 9 heteroatoms. The van der Waals surface area contributed by atoms with Gasteiger partial charge in [-0.25, -0.2) is 9.78 Å². The van der Waals surface area contributed by atoms with E-state index in [0.29, 0.717) is 10.6 Å². The number of thiophene rings is 1. The van der Waals surface area contributed by atoms with E-state index < -0.39 is 24.4 Å². The van der Waals surface area contributed by atoms with Gasteiger partial charge in [-0.1, -0.05) is 12.1 Å². The van der Waals surface area contributed by atoms with Crippen molar-refractivity contribution in [2.45, 2.75) is 13.5 Å². The second kappa shape index (κ2) is 9.25. The van der Waals surface area contributed by atoms with Crippen LogP contribution in [-0.2, 0) is 16.1 Å². The number of nitrogens with zero attached hydrogens (tertiary/aromatic N) is 1. The van der Waals surface area contributed by atoms with Crippen LogP contribution in [0, 0.1) is 6.92 Å². The van der Waals surface area contributed by atoms with Crippen LogP contribution in [-0.4, -0.2) is 29.4 Å². The summed E-state index contributed by atoms with van der Waals surface area (Å²) in [6, 6.07) is 9.74. The Labute approximate surface area is 168 Å². The lowest BCUT2D eigenvalue weighted by Crippen LogP contribution is -2.33. The Bertz CT molecular complexity index is 982. The third-order valence-corrected chi connectivity index (χ3v) is 5.15. The molecule has 0 fully saturated rings. The van der Waals surface area contributed by atoms with Crippen molar-refractivity contribution in [1.82, 2.24) is 10.3 Å². The van der Waals surface area contributed by atoms with Crippen molar-refractivity contribution in [1.29, 1.82) is 0 Å². The third kappa shape index (κ3) is 5.48. The second-order valence-corrected chi connectivity index (χ2v) is 7.62. The largest absolute Gasteiger partial charge is 0.487 e. The van der Waals surface area contributed by atoms with E-state index in [4.69, 9.17) is 9.47 Å². The lowest BCUT2D eigenvalue weighted by Gasteiger charge is -2.08. The quantitative estimate of drug-likeness (QED) is 0.595. The highest BCUT2D eigenvalue weighted by atomic mass is 32.1. The number of benzene rings is 1. The minimum atomic E-state index is -0.696. The molecular weight excluding hydrogens is 400 g/mol. The fraction of sp³-hybridized carbons (Fsp3) is 0.158. The lowest BCUT2D eigenvalue weighted by molar-refractivity contribution is -0.123. The summed E-state index contributed by atoms with van der Waals surface area (Å²) in [5, 5.41) is 6.75. The van der Waals surface area contributed by atoms with Crippen LogP contribution in [0.25, 0.3) is 0 Å². The molecule has 0 spiro atoms. The number of hydrogen-bond acceptors (Lipinski definition) is 8. The number of rotatable bonds is 7. The summed E-state index contributed by atoms with van der Waals surface area (Å²) >= 11 is 2.74. The minimum Gasteiger partial charge on any atom is -0.487 e. The van der Waals surface area contributed by atoms with E-state index in [2.05, 4.69) is 10.3 Å². The minimum absolute atomic E-state index is 0.240. The molecule has 0 aliphatic rings. The van der Waals surface area contributed by atoms with Crippen LogP contribution >= 0.6 is 22.7 Å². The lowest BCUT2D eigenvalue weighted by atomic mass is 10.2. The molecule has 1 N–H and O–H groups in total. The Morgan fingerprint density at radius 1 is 1.14 bits per heavy atom. The van der Waals surface area contributed by atoms with Crippen LogP contribution in [0.3, 0.4) is 0 Å². The monoisotopic (exact) mass is 416 g/mol. The van der Waals surface area contributed by atoms with E-state index >= 15 is 0 Å². The molecule has 3 rings (SSSR count). The normalized spacial score (nSPS) is 10.3. The van der Waals surface area contributed by atoms with Crippen LogP contribution < -0.4 is 10.1 Å². The standard InChI is InChI=1S/C19H16N2O5S2/c1-12-20-14(11-28-12)9-25-15-5-2-4-13(8-15)19(24)26-10-17(22)21-18(23)16-6-3-7-27-16/h2-8,11H,9-10H2,1H3,(H,21,22,23). The molecule has 0 aliphatic carbocycles. The molecule has 2 heterocycles. The van der Waals surface area contributed by atoms with Gasteiger partial charge in [0.1, 0.15) is 12.4 Å². The number of aryl methyl sites for hydroxylation is 1. The molecule has 7 nitrogen and oxygen atoms in total. The van der Waals surface area contributed by atoms with Gasteiger partial charge in [-0.05, 0) is 36.6 Å². The molecule has 0 saturated heterocycles. The number of thiazole rings is 1. The van der Waals surface area contributed by atoms with E-state index in [-0.39, 0.29) is 12.2 Å². The molecule has 28 heavy (non-hydrogen) atoms. The van der Waals surface area contributed by atoms with Gasteiger partial charge in [0, 0.05) is 5.38 Å². The SMILES string of the molecule is Cc1nc(COc2cccc(C(=O)OCC(=O)NC(=O)c3cccs3)c2)cs1. The average molecular weight is 416 g/mol. The Kier molecular flexibility index (Phi) is 6.51. The van der Waals surface area contributed by atoms with Gasteiger partial charge in [-0.15, -0.1) is 22.7 Å². The Morgan fingerprint density at radius 2 is 2.00 bits per heavy atom. The van der Waals surface area contributed by atoms with E-state index in [0.717, 1.165) is 10.7 Å². The zero-order chi connectivity index (χ0) is 19.9. The Hall–Kier alpha value is -3.04. The van der Waals surface area contributed by atoms with Crippen LogP contribution in [0.4, 0.5) is 0 Å². The number of nitrogens with one attached hydrogen (secondary N) is 1. The summed E-state index contributed by atoms with van der Waals surface area (Å²) in [5.74, 6) is -1.42. The Balaban J connectivity index is 1.49. The molecule has 0 radical (unpaired) electrons. The molecular formula is C19H16N2O5S2. The van der Waals surface area contributed by atoms with Crippen LogP contribution in [0.1, 0.15) is 30.7 Å². The molecule has 0 saturated carbocycles. The number of ether oxygens (including phenoxy) is 2. The average Bonchev–Trinajstić information content (AvgIpc) is 3.36. The zero-order valence-corrected chi connectivity index (χ0v) is 16.5. The maximum atomic E-state index is 12.1. The van der Waals surface area contributed by atoms with Crippen LogP contribution in [0.2, 0.25) is 0 Å². The number of hydrogen-bond donors (Lipinski definition) is 1. The van der Waals surface area contributed by atoms with Crippen molar-refractivity contribution in [3.63, 3.8) is 0 Å². The third-order valence-electron chi connectivity index (χ3n) is 3.46. The van der Waals surface area contributed by atoms with E-state index in [1.54, 1.807) is 35.7 Å². The smallest absolute Gasteiger partial charge is 0.338 e. The topological polar surface area (TPSA) is 94.6 Å². The number of amides is 2. The first-order valence-corrected chi connectivity index (χ1v) is 9.96. The first kappa shape index (κ1) is 19.7. The van der Waals surface area contributed by atoms with Gasteiger partial charge in [0.15, 0.2) is 6.61 Å². The molecule has 0 bridgehead atoms. The van der Waals surface area contributed by atoms with Gasteiger partial charge < -0.3 is 9.47 Å². The highest BCUT2D eigenvalue weighted by Crippen LogP contribution is 2.17. The van der Waals surface area contributed by atoms with Crippen molar-refractivity contribution in [2.75, 3.05) is 6.61 Å². The summed E-state index contributed by atoms with van der Waals surface area (Å²) in [7, 11) is 0. The van der Waals surface area contributed by atoms with Crippen molar-refractivity contribution in [3.05, 3.63) is 68.3 Å². The summed E-state index contributed by atoms with van der Waals surface area (Å²) in [6.45, 7) is 1.64. The van der Waals surface area contributed by atoms with Crippen molar-refractivity contribution >= 4 is 40.5 Å². The predicted octanol–water partition coefficient (Wildman–Crippen LogP) is 3.21. The number of imide groups is 1. The number of carbonyl (C=O) groups is 3. The van der Waals surface area contributed by atoms with Crippen LogP contribution in [0.5, 0.6) is 5.75 Å². The van der Waals surface area contributed by atoms with E-state index in [1.807, 2.05) is 12.3 Å². The summed E-state index contributed by atoms with van der Waals surface area (Å²) in [6.07, 6.45) is 0.